The van der Waals surface area contributed by atoms with E-state index in [0.29, 0.717) is 0 Å². The minimum atomic E-state index is -3.35. The van der Waals surface area contributed by atoms with E-state index in [1.807, 2.05) is 0 Å². The number of hydrogen-bond donors (Lipinski definition) is 3. The van der Waals surface area contributed by atoms with Crippen LogP contribution in [-0.2, 0) is 0 Å². The van der Waals surface area contributed by atoms with E-state index in [2.05, 4.69) is 0 Å². The van der Waals surface area contributed by atoms with Crippen molar-refractivity contribution in [2.45, 2.75) is 0 Å². The number of carbonyl (C=O) groups is 3. The molecule has 6 nitrogen and oxygen atoms in total. The summed E-state index contributed by atoms with van der Waals surface area (Å²) in [6.45, 7) is 0. The van der Waals surface area contributed by atoms with Crippen molar-refractivity contribution in [1.82, 2.24) is 0 Å². The van der Waals surface area contributed by atoms with Gasteiger partial charge in [0, 0.05) is 0 Å². The molecule has 0 aromatic heterocycles. The van der Waals surface area contributed by atoms with Gasteiger partial charge in [0.2, 0.25) is 0 Å². The number of rotatable bonds is 3. The topological polar surface area (TPSA) is 112 Å². The third kappa shape index (κ3) is 1.86. The van der Waals surface area contributed by atoms with Crippen LogP contribution in [0.15, 0.2) is 0 Å². The summed E-state index contributed by atoms with van der Waals surface area (Å²) in [6.07, 6.45) is 0. The van der Waals surface area contributed by atoms with Gasteiger partial charge in [-0.1, -0.05) is 0 Å². The lowest BCUT2D eigenvalue weighted by Crippen LogP contribution is -2.40. The van der Waals surface area contributed by atoms with Crippen molar-refractivity contribution in [3.05, 3.63) is 0 Å². The van der Waals surface area contributed by atoms with E-state index in [4.69, 9.17) is 15.3 Å². The molecule has 0 saturated heterocycles. The summed E-state index contributed by atoms with van der Waals surface area (Å²) < 4.78 is 0. The molecule has 0 aliphatic rings. The van der Waals surface area contributed by atoms with E-state index >= 15 is 0 Å². The Kier molecular flexibility index (Phi) is 2.56. The van der Waals surface area contributed by atoms with E-state index < -0.39 is 25.6 Å². The third-order valence-corrected chi connectivity index (χ3v) is 1.92. The lowest BCUT2D eigenvalue weighted by atomic mass is 11.5. The van der Waals surface area contributed by atoms with Crippen LogP contribution in [0.1, 0.15) is 0 Å². The predicted molar refractivity (Wildman–Crippen MR) is 29.8 cm³/mol. The molecule has 0 amide bonds. The van der Waals surface area contributed by atoms with Gasteiger partial charge in [-0.25, -0.2) is 0 Å². The maximum absolute atomic E-state index is 9.87. The predicted octanol–water partition coefficient (Wildman–Crippen LogP) is 0.260. The van der Waals surface area contributed by atoms with Crippen molar-refractivity contribution < 1.29 is 29.7 Å². The minimum absolute atomic E-state index is 1.77. The molecule has 0 aromatic carbocycles. The first kappa shape index (κ1) is 8.63. The van der Waals surface area contributed by atoms with E-state index in [-0.39, 0.29) is 0 Å². The van der Waals surface area contributed by atoms with Gasteiger partial charge < -0.3 is 15.3 Å². The van der Waals surface area contributed by atoms with Gasteiger partial charge in [-0.3, -0.25) is 14.4 Å². The molecule has 0 bridgehead atoms. The molecule has 1 radical (unpaired) electrons. The van der Waals surface area contributed by atoms with Crippen LogP contribution >= 0.6 is 0 Å². The summed E-state index contributed by atoms with van der Waals surface area (Å²) in [5.74, 6) is 0. The molecule has 0 aliphatic heterocycles. The summed E-state index contributed by atoms with van der Waals surface area (Å²) in [7, 11) is -3.35. The Morgan fingerprint density at radius 3 is 1.00 bits per heavy atom. The van der Waals surface area contributed by atoms with Crippen molar-refractivity contribution in [1.29, 1.82) is 0 Å². The van der Waals surface area contributed by atoms with Crippen molar-refractivity contribution in [3.8, 4) is 0 Å². The Morgan fingerprint density at radius 1 is 0.800 bits per heavy atom. The Labute approximate surface area is 56.3 Å². The van der Waals surface area contributed by atoms with Crippen molar-refractivity contribution >= 4 is 25.6 Å². The molecule has 55 valence electrons. The minimum Gasteiger partial charge on any atom is -0.485 e. The van der Waals surface area contributed by atoms with Crippen molar-refractivity contribution in [3.63, 3.8) is 0 Å². The molecule has 0 fully saturated rings. The summed E-state index contributed by atoms with van der Waals surface area (Å²) in [5.41, 5.74) is -5.32. The molecule has 7 heteroatoms. The van der Waals surface area contributed by atoms with Gasteiger partial charge in [0.15, 0.2) is 0 Å². The average Bonchev–Trinajstić information content (AvgIpc) is 1.59. The fourth-order valence-electron chi connectivity index (χ4n) is 0.274. The van der Waals surface area contributed by atoms with Crippen LogP contribution in [0.2, 0.25) is 0 Å². The molecule has 0 spiro atoms. The van der Waals surface area contributed by atoms with E-state index in [1.165, 1.54) is 0 Å². The van der Waals surface area contributed by atoms with E-state index in [9.17, 15) is 14.4 Å². The molecule has 10 heavy (non-hydrogen) atoms. The van der Waals surface area contributed by atoms with Gasteiger partial charge in [-0.15, -0.1) is 0 Å². The van der Waals surface area contributed by atoms with Crippen LogP contribution in [-0.4, -0.2) is 40.9 Å². The van der Waals surface area contributed by atoms with Crippen molar-refractivity contribution in [2.24, 2.45) is 0 Å². The first-order chi connectivity index (χ1) is 4.46. The summed E-state index contributed by atoms with van der Waals surface area (Å²) in [5, 5.41) is 24.0. The van der Waals surface area contributed by atoms with Gasteiger partial charge in [0.25, 0.3) is 16.8 Å². The summed E-state index contributed by atoms with van der Waals surface area (Å²) >= 11 is 0. The van der Waals surface area contributed by atoms with Gasteiger partial charge in [-0.2, -0.15) is 0 Å². The Balaban J connectivity index is 4.43. The molecule has 0 heterocycles. The van der Waals surface area contributed by atoms with Gasteiger partial charge in [0.05, 0.1) is 0 Å². The molecule has 0 aliphatic carbocycles. The zero-order valence-electron chi connectivity index (χ0n) is 4.57. The van der Waals surface area contributed by atoms with Gasteiger partial charge in [0.1, 0.15) is 0 Å². The van der Waals surface area contributed by atoms with Crippen LogP contribution in [0.4, 0.5) is 14.4 Å². The smallest absolute Gasteiger partial charge is 0.456 e. The zero-order chi connectivity index (χ0) is 8.31. The molecular weight excluding hydrogens is 160 g/mol. The van der Waals surface area contributed by atoms with Gasteiger partial charge in [-0.05, 0) is 0 Å². The highest BCUT2D eigenvalue weighted by molar-refractivity contribution is 7.25. The largest absolute Gasteiger partial charge is 0.485 e. The number of hydrogen-bond acceptors (Lipinski definition) is 3. The molecule has 0 saturated carbocycles. The maximum atomic E-state index is 9.87. The second-order valence-electron chi connectivity index (χ2n) is 1.29. The van der Waals surface area contributed by atoms with Crippen LogP contribution in [0, 0.1) is 0 Å². The molecule has 0 rings (SSSR count). The quantitative estimate of drug-likeness (QED) is 0.514. The number of carboxylic acid groups (broad SMARTS) is 3. The SMILES string of the molecule is O=C(O)[Si](C(=O)O)C(=O)O. The third-order valence-electron chi connectivity index (χ3n) is 0.642. The first-order valence-corrected chi connectivity index (χ1v) is 3.53. The lowest BCUT2D eigenvalue weighted by molar-refractivity contribution is 0.204. The molecule has 0 atom stereocenters. The Morgan fingerprint density at radius 2 is 1.00 bits per heavy atom. The maximum Gasteiger partial charge on any atom is 0.456 e. The lowest BCUT2D eigenvalue weighted by Gasteiger charge is -1.94. The second-order valence-corrected chi connectivity index (χ2v) is 3.32. The Hall–Kier alpha value is -1.37. The van der Waals surface area contributed by atoms with Crippen molar-refractivity contribution in [2.75, 3.05) is 0 Å². The highest BCUT2D eigenvalue weighted by atomic mass is 28.3. The second kappa shape index (κ2) is 2.97. The summed E-state index contributed by atoms with van der Waals surface area (Å²) in [6, 6.07) is 0. The highest BCUT2D eigenvalue weighted by Crippen LogP contribution is 1.88. The van der Waals surface area contributed by atoms with Crippen LogP contribution in [0.25, 0.3) is 0 Å². The van der Waals surface area contributed by atoms with Crippen LogP contribution in [0.3, 0.4) is 0 Å². The van der Waals surface area contributed by atoms with E-state index in [1.54, 1.807) is 0 Å². The Bertz CT molecular complexity index is 152. The standard InChI is InChI=1S/C3H3O6Si/c4-1(5)10(2(6)7)3(8)9/h(H,4,5)(H,6,7)(H,8,9). The summed E-state index contributed by atoms with van der Waals surface area (Å²) in [4.78, 5) is 29.6. The molecule has 0 aromatic rings. The van der Waals surface area contributed by atoms with E-state index in [0.717, 1.165) is 0 Å². The molecule has 3 N–H and O–H groups in total. The fraction of sp³-hybridized carbons (Fsp3) is 0. The zero-order valence-corrected chi connectivity index (χ0v) is 5.57. The van der Waals surface area contributed by atoms with Crippen LogP contribution < -0.4 is 0 Å². The van der Waals surface area contributed by atoms with Gasteiger partial charge >= 0.3 is 8.80 Å². The molecule has 0 unspecified atom stereocenters. The molecular formula is C3H3O6Si. The fourth-order valence-corrected chi connectivity index (χ4v) is 0.823. The normalized spacial score (nSPS) is 9.30. The first-order valence-electron chi connectivity index (χ1n) is 2.03. The average molecular weight is 163 g/mol. The van der Waals surface area contributed by atoms with Crippen LogP contribution in [0.5, 0.6) is 0 Å². The highest BCUT2D eigenvalue weighted by Gasteiger charge is 2.39. The monoisotopic (exact) mass is 163 g/mol.